The van der Waals surface area contributed by atoms with E-state index in [9.17, 15) is 9.59 Å². The van der Waals surface area contributed by atoms with Crippen molar-refractivity contribution >= 4 is 88.4 Å². The van der Waals surface area contributed by atoms with Gasteiger partial charge in [0.2, 0.25) is 0 Å². The van der Waals surface area contributed by atoms with Crippen LogP contribution in [-0.4, -0.2) is 122 Å². The van der Waals surface area contributed by atoms with Crippen LogP contribution in [0.4, 0.5) is 29.1 Å². The number of aliphatic hydroxyl groups excluding tert-OH is 1. The van der Waals surface area contributed by atoms with Gasteiger partial charge < -0.3 is 40.4 Å². The molecule has 20 nitrogen and oxygen atoms in total. The van der Waals surface area contributed by atoms with Crippen molar-refractivity contribution in [3.63, 3.8) is 0 Å². The quantitative estimate of drug-likeness (QED) is 0.0896. The van der Waals surface area contributed by atoms with E-state index < -0.39 is 0 Å². The van der Waals surface area contributed by atoms with E-state index in [1.807, 2.05) is 85.5 Å². The SMILES string of the molecule is Brc1cnc(N2CC3CC3C2)cn1.CC(=O)CC(C)=O.CCO.Cc1ccc(C)n1-c1cccc(-c2cnc(N3CC4CC4C3)cn2)n1.Cc1ccc(C)n1-c1cccc(Br)n1.Nc1cccc(-c2cnc(N3CC4CC4C3)cn2)n1.Nc1cccc(Br)n1. The first kappa shape index (κ1) is 65.6. The molecule has 0 radical (unpaired) electrons. The van der Waals surface area contributed by atoms with Crippen LogP contribution >= 0.6 is 47.8 Å². The normalized spacial score (nSPS) is 19.0. The Morgan fingerprint density at radius 3 is 1.10 bits per heavy atom. The van der Waals surface area contributed by atoms with Gasteiger partial charge in [-0.15, -0.1) is 0 Å². The van der Waals surface area contributed by atoms with Crippen molar-refractivity contribution in [3.05, 3.63) is 171 Å². The summed E-state index contributed by atoms with van der Waals surface area (Å²) in [5.74, 6) is 11.3. The number of hydrogen-bond acceptors (Lipinski definition) is 18. The molecule has 464 valence electrons. The zero-order chi connectivity index (χ0) is 63.3. The van der Waals surface area contributed by atoms with Gasteiger partial charge in [0.05, 0.1) is 55.0 Å². The predicted molar refractivity (Wildman–Crippen MR) is 361 cm³/mol. The fraction of sp³-hybridized carbons (Fsp3) is 0.364. The minimum atomic E-state index is -0.0625. The number of nitrogens with zero attached hydrogens (tertiary/aromatic N) is 15. The zero-order valence-corrected chi connectivity index (χ0v) is 56.0. The number of pyridine rings is 4. The Hall–Kier alpha value is -7.86. The number of nitrogen functional groups attached to an aromatic ring is 2. The molecule has 23 heteroatoms. The molecule has 6 atom stereocenters. The van der Waals surface area contributed by atoms with Gasteiger partial charge in [0.15, 0.2) is 0 Å². The van der Waals surface area contributed by atoms with E-state index in [4.69, 9.17) is 21.6 Å². The molecule has 5 N–H and O–H groups in total. The third-order valence-electron chi connectivity index (χ3n) is 15.8. The van der Waals surface area contributed by atoms with Crippen LogP contribution in [0.2, 0.25) is 0 Å². The number of fused-ring (bicyclic) bond motifs is 3. The topological polar surface area (TPSA) is 255 Å². The van der Waals surface area contributed by atoms with E-state index in [0.29, 0.717) is 11.6 Å². The second kappa shape index (κ2) is 30.6. The summed E-state index contributed by atoms with van der Waals surface area (Å²) in [5, 5.41) is 7.57. The number of carbonyl (C=O) groups is 2. The second-order valence-electron chi connectivity index (χ2n) is 23.0. The number of ketones is 2. The lowest BCUT2D eigenvalue weighted by molar-refractivity contribution is -0.124. The largest absolute Gasteiger partial charge is 0.397 e. The molecule has 15 rings (SSSR count). The number of hydrogen-bond donors (Lipinski definition) is 3. The van der Waals surface area contributed by atoms with Gasteiger partial charge in [-0.05, 0) is 224 Å². The van der Waals surface area contributed by atoms with Gasteiger partial charge in [0.1, 0.15) is 77.5 Å². The van der Waals surface area contributed by atoms with E-state index in [2.05, 4.69) is 168 Å². The molecule has 0 amide bonds. The molecule has 3 aliphatic heterocycles. The summed E-state index contributed by atoms with van der Waals surface area (Å²) < 4.78 is 6.73. The van der Waals surface area contributed by atoms with Crippen molar-refractivity contribution in [2.75, 3.05) is 72.0 Å². The number of rotatable bonds is 9. The molecule has 9 aromatic heterocycles. The summed E-state index contributed by atoms with van der Waals surface area (Å²) >= 11 is 9.83. The molecule has 12 heterocycles. The molecule has 6 fully saturated rings. The first-order valence-corrected chi connectivity index (χ1v) is 32.2. The third kappa shape index (κ3) is 18.6. The van der Waals surface area contributed by atoms with Crippen molar-refractivity contribution in [1.82, 2.24) is 59.0 Å². The molecule has 3 saturated heterocycles. The smallest absolute Gasteiger partial charge is 0.147 e. The zero-order valence-electron chi connectivity index (χ0n) is 51.2. The van der Waals surface area contributed by atoms with E-state index >= 15 is 0 Å². The number of carbonyl (C=O) groups excluding carboxylic acids is 2. The number of Topliss-reactive ketones (excluding diaryl/α,β-unsaturated/α-hetero) is 2. The highest BCUT2D eigenvalue weighted by molar-refractivity contribution is 9.11. The van der Waals surface area contributed by atoms with E-state index in [0.717, 1.165) is 127 Å². The van der Waals surface area contributed by atoms with Crippen LogP contribution in [-0.2, 0) is 9.59 Å². The molecule has 0 bridgehead atoms. The van der Waals surface area contributed by atoms with Crippen molar-refractivity contribution in [3.8, 4) is 34.4 Å². The Morgan fingerprint density at radius 1 is 0.427 bits per heavy atom. The third-order valence-corrected chi connectivity index (χ3v) is 17.0. The molecular formula is C66H76Br3N17O3. The average Bonchev–Trinajstić information content (AvgIpc) is 1.81. The minimum Gasteiger partial charge on any atom is -0.397 e. The summed E-state index contributed by atoms with van der Waals surface area (Å²) in [6.45, 7) is 20.0. The molecule has 3 saturated carbocycles. The number of halogens is 3. The fourth-order valence-electron chi connectivity index (χ4n) is 11.1. The number of nitrogens with two attached hydrogens (primary N) is 2. The Bertz CT molecular complexity index is 3710. The average molecular weight is 1400 g/mol. The summed E-state index contributed by atoms with van der Waals surface area (Å²) in [6.07, 6.45) is 15.3. The fourth-order valence-corrected chi connectivity index (χ4v) is 12.0. The number of anilines is 5. The molecular weight excluding hydrogens is 1320 g/mol. The van der Waals surface area contributed by atoms with Gasteiger partial charge in [-0.3, -0.25) is 9.59 Å². The molecule has 9 aromatic rings. The Labute approximate surface area is 545 Å². The predicted octanol–water partition coefficient (Wildman–Crippen LogP) is 11.9. The van der Waals surface area contributed by atoms with Gasteiger partial charge in [0, 0.05) is 68.7 Å². The van der Waals surface area contributed by atoms with Crippen LogP contribution < -0.4 is 26.2 Å². The van der Waals surface area contributed by atoms with Crippen molar-refractivity contribution in [2.24, 2.45) is 35.5 Å². The monoisotopic (exact) mass is 1390 g/mol. The molecule has 0 aromatic carbocycles. The van der Waals surface area contributed by atoms with Crippen LogP contribution in [0.5, 0.6) is 0 Å². The van der Waals surface area contributed by atoms with Crippen LogP contribution in [0.25, 0.3) is 34.4 Å². The van der Waals surface area contributed by atoms with Gasteiger partial charge >= 0.3 is 0 Å². The van der Waals surface area contributed by atoms with E-state index in [1.165, 1.54) is 69.0 Å². The maximum absolute atomic E-state index is 10.0. The van der Waals surface area contributed by atoms with E-state index in [1.54, 1.807) is 31.5 Å². The number of piperidine rings is 3. The van der Waals surface area contributed by atoms with Gasteiger partial charge in [-0.1, -0.05) is 24.3 Å². The van der Waals surface area contributed by atoms with Crippen LogP contribution in [0.3, 0.4) is 0 Å². The molecule has 6 unspecified atom stereocenters. The Balaban J connectivity index is 0.000000132. The number of aromatic nitrogens is 12. The summed E-state index contributed by atoms with van der Waals surface area (Å²) in [4.78, 5) is 71.1. The molecule has 0 spiro atoms. The highest BCUT2D eigenvalue weighted by Gasteiger charge is 2.47. The van der Waals surface area contributed by atoms with Gasteiger partial charge in [0.25, 0.3) is 0 Å². The number of aryl methyl sites for hydroxylation is 4. The molecule has 89 heavy (non-hydrogen) atoms. The van der Waals surface area contributed by atoms with E-state index in [-0.39, 0.29) is 24.6 Å². The maximum atomic E-state index is 10.0. The van der Waals surface area contributed by atoms with Gasteiger partial charge in [-0.2, -0.15) is 0 Å². The highest BCUT2D eigenvalue weighted by Crippen LogP contribution is 2.47. The maximum Gasteiger partial charge on any atom is 0.147 e. The van der Waals surface area contributed by atoms with Crippen molar-refractivity contribution in [2.45, 2.75) is 74.1 Å². The number of aliphatic hydroxyl groups is 1. The first-order valence-electron chi connectivity index (χ1n) is 29.8. The summed E-state index contributed by atoms with van der Waals surface area (Å²) in [6, 6.07) is 31.3. The summed E-state index contributed by atoms with van der Waals surface area (Å²) in [5.41, 5.74) is 19.0. The van der Waals surface area contributed by atoms with Crippen LogP contribution in [0.1, 0.15) is 69.2 Å². The minimum absolute atomic E-state index is 0.0625. The first-order chi connectivity index (χ1) is 42.8. The van der Waals surface area contributed by atoms with Gasteiger partial charge in [-0.25, -0.2) is 49.8 Å². The Morgan fingerprint density at radius 2 is 0.775 bits per heavy atom. The molecule has 6 aliphatic rings. The lowest BCUT2D eigenvalue weighted by atomic mass is 10.2. The van der Waals surface area contributed by atoms with Crippen molar-refractivity contribution < 1.29 is 14.7 Å². The lowest BCUT2D eigenvalue weighted by Gasteiger charge is -2.18. The van der Waals surface area contributed by atoms with Crippen molar-refractivity contribution in [1.29, 1.82) is 0 Å². The standard InChI is InChI=1S/C20H21N5.C14H15N5.C11H11BrN2.C9H10BrN3.C5H5BrN2.C5H8O2.C2H6O/c1-13-6-7-14(2)25(13)19-5-3-4-17(23-19)18-9-22-20(10-21-18)24-11-15-8-16(15)12-24;15-13-3-1-2-11(18-13)12-5-17-14(6-16-12)19-7-9-4-10(9)8-19;1-8-6-7-9(2)14(8)11-5-3-4-10(12)13-11;10-8-2-12-9(3-11-8)13-4-6-1-7(6)5-13;6-4-2-1-3-5(7)8-4;1-4(6)3-5(2)7;1-2-3/h3-7,9-10,15-16H,8,11-12H2,1-2H3;1-3,5-6,9-10H,4,7-8H2,(H2,15,18);3-7H,1-2H3;2-3,6-7H,1,4-5H2;1-3H,(H2,7,8);3H2,1-2H3;3H,2H2,1H3. The van der Waals surface area contributed by atoms with Crippen LogP contribution in [0.15, 0.2) is 148 Å². The lowest BCUT2D eigenvalue weighted by Crippen LogP contribution is -2.22. The summed E-state index contributed by atoms with van der Waals surface area (Å²) in [7, 11) is 0. The Kier molecular flexibility index (Phi) is 22.5. The second-order valence-corrected chi connectivity index (χ2v) is 25.5. The highest BCUT2D eigenvalue weighted by atomic mass is 79.9. The van der Waals surface area contributed by atoms with Crippen LogP contribution in [0, 0.1) is 63.2 Å². The molecule has 3 aliphatic carbocycles.